The van der Waals surface area contributed by atoms with Gasteiger partial charge in [-0.25, -0.2) is 4.68 Å². The van der Waals surface area contributed by atoms with Gasteiger partial charge in [0.05, 0.1) is 12.2 Å². The molecule has 1 saturated heterocycles. The third-order valence-electron chi connectivity index (χ3n) is 5.03. The van der Waals surface area contributed by atoms with E-state index in [0.29, 0.717) is 5.92 Å². The number of hydrogen-bond donors (Lipinski definition) is 0. The topological polar surface area (TPSA) is 34.0 Å². The molecule has 0 radical (unpaired) electrons. The Labute approximate surface area is 149 Å². The van der Waals surface area contributed by atoms with E-state index in [1.54, 1.807) is 0 Å². The van der Waals surface area contributed by atoms with Crippen LogP contribution in [-0.2, 0) is 6.54 Å². The van der Waals surface area contributed by atoms with Crippen molar-refractivity contribution in [3.63, 3.8) is 0 Å². The van der Waals surface area contributed by atoms with Crippen LogP contribution in [0.25, 0.3) is 11.1 Å². The van der Waals surface area contributed by atoms with E-state index in [-0.39, 0.29) is 0 Å². The maximum absolute atomic E-state index is 4.46. The molecule has 2 aromatic carbocycles. The molecule has 1 aliphatic rings. The number of rotatable bonds is 4. The first-order valence-corrected chi connectivity index (χ1v) is 9.01. The van der Waals surface area contributed by atoms with E-state index < -0.39 is 0 Å². The molecule has 3 aromatic rings. The van der Waals surface area contributed by atoms with Crippen molar-refractivity contribution < 1.29 is 0 Å². The number of piperidine rings is 1. The van der Waals surface area contributed by atoms with Crippen molar-refractivity contribution in [2.24, 2.45) is 0 Å². The lowest BCUT2D eigenvalue weighted by atomic mass is 9.96. The summed E-state index contributed by atoms with van der Waals surface area (Å²) in [5.74, 6) is 0.511. The van der Waals surface area contributed by atoms with Crippen LogP contribution in [0.4, 0.5) is 0 Å². The summed E-state index contributed by atoms with van der Waals surface area (Å²) in [6.45, 7) is 3.02. The van der Waals surface area contributed by atoms with Crippen molar-refractivity contribution in [1.29, 1.82) is 0 Å². The Morgan fingerprint density at radius 2 is 1.84 bits per heavy atom. The van der Waals surface area contributed by atoms with E-state index in [1.807, 2.05) is 4.68 Å². The summed E-state index contributed by atoms with van der Waals surface area (Å²) in [5, 5.41) is 8.85. The van der Waals surface area contributed by atoms with Gasteiger partial charge in [0.1, 0.15) is 0 Å². The van der Waals surface area contributed by atoms with Crippen LogP contribution in [0.5, 0.6) is 0 Å². The molecule has 0 amide bonds. The molecule has 0 bridgehead atoms. The molecular weight excluding hydrogens is 308 g/mol. The predicted molar refractivity (Wildman–Crippen MR) is 100 cm³/mol. The van der Waals surface area contributed by atoms with Gasteiger partial charge in [0.15, 0.2) is 0 Å². The molecule has 25 heavy (non-hydrogen) atoms. The van der Waals surface area contributed by atoms with Gasteiger partial charge in [-0.3, -0.25) is 0 Å². The highest BCUT2D eigenvalue weighted by Gasteiger charge is 2.21. The molecule has 0 saturated carbocycles. The molecule has 4 heteroatoms. The minimum atomic E-state index is 0.511. The quantitative estimate of drug-likeness (QED) is 0.729. The minimum absolute atomic E-state index is 0.511. The molecule has 0 spiro atoms. The van der Waals surface area contributed by atoms with E-state index in [4.69, 9.17) is 0 Å². The molecular formula is C21H24N4. The molecule has 1 aromatic heterocycles. The number of aromatic nitrogens is 3. The molecule has 2 heterocycles. The fourth-order valence-corrected chi connectivity index (χ4v) is 3.72. The van der Waals surface area contributed by atoms with Gasteiger partial charge in [-0.15, -0.1) is 5.10 Å². The Hall–Kier alpha value is -2.46. The van der Waals surface area contributed by atoms with Gasteiger partial charge in [0, 0.05) is 18.7 Å². The van der Waals surface area contributed by atoms with Gasteiger partial charge < -0.3 is 4.90 Å². The van der Waals surface area contributed by atoms with Crippen LogP contribution in [0.15, 0.2) is 60.8 Å². The monoisotopic (exact) mass is 332 g/mol. The average Bonchev–Trinajstić information content (AvgIpc) is 3.12. The SMILES string of the molecule is CN1CCCC(c2cn(Cc3ccccc3-c3ccccc3)nn2)C1. The number of likely N-dealkylation sites (N-methyl/N-ethyl adjacent to an activating group) is 1. The molecule has 0 N–H and O–H groups in total. The number of nitrogens with zero attached hydrogens (tertiary/aromatic N) is 4. The summed E-state index contributed by atoms with van der Waals surface area (Å²) in [6, 6.07) is 19.1. The van der Waals surface area contributed by atoms with Gasteiger partial charge in [0.2, 0.25) is 0 Å². The summed E-state index contributed by atoms with van der Waals surface area (Å²) < 4.78 is 1.98. The standard InChI is InChI=1S/C21H24N4/c1-24-13-7-11-19(14-24)21-16-25(23-22-21)15-18-10-5-6-12-20(18)17-8-3-2-4-9-17/h2-6,8-10,12,16,19H,7,11,13-15H2,1H3. The highest BCUT2D eigenvalue weighted by molar-refractivity contribution is 5.67. The molecule has 1 fully saturated rings. The van der Waals surface area contributed by atoms with Crippen molar-refractivity contribution in [3.8, 4) is 11.1 Å². The molecule has 128 valence electrons. The maximum Gasteiger partial charge on any atom is 0.0870 e. The molecule has 4 rings (SSSR count). The second-order valence-electron chi connectivity index (χ2n) is 6.97. The van der Waals surface area contributed by atoms with Crippen LogP contribution in [0, 0.1) is 0 Å². The zero-order valence-corrected chi connectivity index (χ0v) is 14.7. The number of likely N-dealkylation sites (tertiary alicyclic amines) is 1. The second kappa shape index (κ2) is 7.19. The lowest BCUT2D eigenvalue weighted by Crippen LogP contribution is -2.30. The summed E-state index contributed by atoms with van der Waals surface area (Å²) >= 11 is 0. The van der Waals surface area contributed by atoms with Gasteiger partial charge in [0.25, 0.3) is 0 Å². The maximum atomic E-state index is 4.46. The fourth-order valence-electron chi connectivity index (χ4n) is 3.72. The molecule has 1 unspecified atom stereocenters. The third-order valence-corrected chi connectivity index (χ3v) is 5.03. The van der Waals surface area contributed by atoms with E-state index in [9.17, 15) is 0 Å². The van der Waals surface area contributed by atoms with E-state index in [0.717, 1.165) is 18.8 Å². The fraction of sp³-hybridized carbons (Fsp3) is 0.333. The van der Waals surface area contributed by atoms with E-state index in [2.05, 4.69) is 83.1 Å². The Bertz CT molecular complexity index is 825. The normalized spacial score (nSPS) is 18.4. The van der Waals surface area contributed by atoms with Crippen LogP contribution in [0.3, 0.4) is 0 Å². The predicted octanol–water partition coefficient (Wildman–Crippen LogP) is 3.80. The van der Waals surface area contributed by atoms with Gasteiger partial charge in [-0.1, -0.05) is 59.8 Å². The average molecular weight is 332 g/mol. The Morgan fingerprint density at radius 3 is 2.68 bits per heavy atom. The van der Waals surface area contributed by atoms with Crippen LogP contribution in [0.2, 0.25) is 0 Å². The first kappa shape index (κ1) is 16.0. The summed E-state index contributed by atoms with van der Waals surface area (Å²) in [7, 11) is 2.19. The Kier molecular flexibility index (Phi) is 4.61. The van der Waals surface area contributed by atoms with Gasteiger partial charge >= 0.3 is 0 Å². The first-order chi connectivity index (χ1) is 12.3. The molecule has 0 aliphatic carbocycles. The third kappa shape index (κ3) is 3.64. The van der Waals surface area contributed by atoms with Crippen LogP contribution in [0.1, 0.15) is 30.0 Å². The summed E-state index contributed by atoms with van der Waals surface area (Å²) in [4.78, 5) is 2.39. The van der Waals surface area contributed by atoms with Crippen molar-refractivity contribution in [1.82, 2.24) is 19.9 Å². The smallest absolute Gasteiger partial charge is 0.0870 e. The van der Waals surface area contributed by atoms with Crippen molar-refractivity contribution >= 4 is 0 Å². The minimum Gasteiger partial charge on any atom is -0.306 e. The zero-order chi connectivity index (χ0) is 17.1. The summed E-state index contributed by atoms with van der Waals surface area (Å²) in [6.07, 6.45) is 4.58. The van der Waals surface area contributed by atoms with Crippen molar-refractivity contribution in [2.45, 2.75) is 25.3 Å². The largest absolute Gasteiger partial charge is 0.306 e. The van der Waals surface area contributed by atoms with Crippen LogP contribution >= 0.6 is 0 Å². The van der Waals surface area contributed by atoms with Crippen molar-refractivity contribution in [3.05, 3.63) is 72.1 Å². The van der Waals surface area contributed by atoms with Gasteiger partial charge in [-0.2, -0.15) is 0 Å². The number of benzene rings is 2. The zero-order valence-electron chi connectivity index (χ0n) is 14.7. The Balaban J connectivity index is 1.56. The van der Waals surface area contributed by atoms with E-state index in [1.165, 1.54) is 36.1 Å². The Morgan fingerprint density at radius 1 is 1.04 bits per heavy atom. The van der Waals surface area contributed by atoms with E-state index >= 15 is 0 Å². The van der Waals surface area contributed by atoms with Crippen LogP contribution in [-0.4, -0.2) is 40.0 Å². The van der Waals surface area contributed by atoms with Gasteiger partial charge in [-0.05, 0) is 43.1 Å². The molecule has 4 nitrogen and oxygen atoms in total. The summed E-state index contributed by atoms with van der Waals surface area (Å²) in [5.41, 5.74) is 4.90. The second-order valence-corrected chi connectivity index (χ2v) is 6.97. The molecule has 1 aliphatic heterocycles. The lowest BCUT2D eigenvalue weighted by Gasteiger charge is -2.28. The van der Waals surface area contributed by atoms with Crippen LogP contribution < -0.4 is 0 Å². The highest BCUT2D eigenvalue weighted by Crippen LogP contribution is 2.26. The lowest BCUT2D eigenvalue weighted by molar-refractivity contribution is 0.248. The first-order valence-electron chi connectivity index (χ1n) is 9.01. The number of hydrogen-bond acceptors (Lipinski definition) is 3. The highest BCUT2D eigenvalue weighted by atomic mass is 15.4. The molecule has 1 atom stereocenters. The van der Waals surface area contributed by atoms with Crippen molar-refractivity contribution in [2.75, 3.05) is 20.1 Å².